The van der Waals surface area contributed by atoms with Crippen molar-refractivity contribution in [3.8, 4) is 0 Å². The highest BCUT2D eigenvalue weighted by molar-refractivity contribution is 9.10. The van der Waals surface area contributed by atoms with Gasteiger partial charge in [-0.2, -0.15) is 13.2 Å². The van der Waals surface area contributed by atoms with Crippen LogP contribution in [0.15, 0.2) is 40.9 Å². The third-order valence-corrected chi connectivity index (χ3v) is 3.49. The Morgan fingerprint density at radius 3 is 2.14 bits per heavy atom. The van der Waals surface area contributed by atoms with Gasteiger partial charge in [0.1, 0.15) is 17.7 Å². The van der Waals surface area contributed by atoms with Crippen LogP contribution in [0.5, 0.6) is 0 Å². The second-order valence-electron chi connectivity index (χ2n) is 4.31. The summed E-state index contributed by atoms with van der Waals surface area (Å²) in [4.78, 5) is 0. The van der Waals surface area contributed by atoms with Gasteiger partial charge < -0.3 is 5.11 Å². The maximum atomic E-state index is 13.7. The SMILES string of the molecule is OC(c1ccc(F)c(Br)c1)c1cc(C(F)(F)F)ccc1F. The van der Waals surface area contributed by atoms with E-state index in [1.54, 1.807) is 0 Å². The molecule has 7 heteroatoms. The van der Waals surface area contributed by atoms with E-state index < -0.39 is 35.0 Å². The molecule has 0 saturated carbocycles. The molecule has 0 spiro atoms. The molecule has 0 heterocycles. The van der Waals surface area contributed by atoms with E-state index in [1.165, 1.54) is 12.1 Å². The summed E-state index contributed by atoms with van der Waals surface area (Å²) in [7, 11) is 0. The fraction of sp³-hybridized carbons (Fsp3) is 0.143. The number of aliphatic hydroxyl groups is 1. The molecule has 1 unspecified atom stereocenters. The van der Waals surface area contributed by atoms with Crippen LogP contribution in [0.4, 0.5) is 22.0 Å². The summed E-state index contributed by atoms with van der Waals surface area (Å²) in [6.45, 7) is 0. The summed E-state index contributed by atoms with van der Waals surface area (Å²) in [5.41, 5.74) is -1.52. The monoisotopic (exact) mass is 366 g/mol. The van der Waals surface area contributed by atoms with Crippen molar-refractivity contribution in [2.24, 2.45) is 0 Å². The minimum atomic E-state index is -4.65. The molecule has 1 atom stereocenters. The molecule has 0 aromatic heterocycles. The quantitative estimate of drug-likeness (QED) is 0.755. The Bertz CT molecular complexity index is 669. The van der Waals surface area contributed by atoms with Gasteiger partial charge in [-0.3, -0.25) is 0 Å². The number of benzene rings is 2. The lowest BCUT2D eigenvalue weighted by molar-refractivity contribution is -0.137. The van der Waals surface area contributed by atoms with Crippen molar-refractivity contribution >= 4 is 15.9 Å². The molecule has 0 aliphatic rings. The normalized spacial score (nSPS) is 13.3. The summed E-state index contributed by atoms with van der Waals surface area (Å²) in [6, 6.07) is 5.14. The molecule has 2 aromatic rings. The first-order valence-electron chi connectivity index (χ1n) is 5.70. The van der Waals surface area contributed by atoms with Crippen molar-refractivity contribution in [3.05, 3.63) is 69.2 Å². The Kier molecular flexibility index (Phi) is 4.34. The lowest BCUT2D eigenvalue weighted by atomic mass is 9.99. The highest BCUT2D eigenvalue weighted by Gasteiger charge is 2.32. The number of alkyl halides is 3. The van der Waals surface area contributed by atoms with Crippen LogP contribution >= 0.6 is 15.9 Å². The van der Waals surface area contributed by atoms with Gasteiger partial charge in [-0.25, -0.2) is 8.78 Å². The van der Waals surface area contributed by atoms with Crippen molar-refractivity contribution in [1.29, 1.82) is 0 Å². The number of halogens is 6. The molecule has 112 valence electrons. The lowest BCUT2D eigenvalue weighted by Crippen LogP contribution is -2.09. The third-order valence-electron chi connectivity index (χ3n) is 2.88. The van der Waals surface area contributed by atoms with Gasteiger partial charge in [0.15, 0.2) is 0 Å². The molecule has 0 aliphatic carbocycles. The van der Waals surface area contributed by atoms with Crippen LogP contribution in [0.2, 0.25) is 0 Å². The van der Waals surface area contributed by atoms with Gasteiger partial charge in [-0.05, 0) is 51.8 Å². The average molecular weight is 367 g/mol. The van der Waals surface area contributed by atoms with E-state index in [4.69, 9.17) is 0 Å². The molecule has 1 nitrogen and oxygen atoms in total. The van der Waals surface area contributed by atoms with Crippen LogP contribution in [-0.4, -0.2) is 5.11 Å². The fourth-order valence-electron chi connectivity index (χ4n) is 1.79. The van der Waals surface area contributed by atoms with E-state index in [1.807, 2.05) is 0 Å². The molecule has 0 saturated heterocycles. The Balaban J connectivity index is 2.47. The molecule has 0 aliphatic heterocycles. The lowest BCUT2D eigenvalue weighted by Gasteiger charge is -2.15. The predicted molar refractivity (Wildman–Crippen MR) is 69.6 cm³/mol. The minimum Gasteiger partial charge on any atom is -0.384 e. The Morgan fingerprint density at radius 1 is 0.952 bits per heavy atom. The minimum absolute atomic E-state index is 0.0198. The summed E-state index contributed by atoms with van der Waals surface area (Å²) >= 11 is 2.89. The number of hydrogen-bond acceptors (Lipinski definition) is 1. The maximum absolute atomic E-state index is 13.7. The molecule has 0 bridgehead atoms. The fourth-order valence-corrected chi connectivity index (χ4v) is 2.19. The van der Waals surface area contributed by atoms with Gasteiger partial charge in [-0.1, -0.05) is 6.07 Å². The summed E-state index contributed by atoms with van der Waals surface area (Å²) in [6.07, 6.45) is -6.28. The number of rotatable bonds is 2. The Labute approximate surface area is 125 Å². The average Bonchev–Trinajstić information content (AvgIpc) is 2.40. The van der Waals surface area contributed by atoms with Crippen molar-refractivity contribution in [1.82, 2.24) is 0 Å². The summed E-state index contributed by atoms with van der Waals surface area (Å²) in [5, 5.41) is 10.0. The second-order valence-corrected chi connectivity index (χ2v) is 5.16. The molecular formula is C14H8BrF5O. The molecule has 0 amide bonds. The smallest absolute Gasteiger partial charge is 0.384 e. The van der Waals surface area contributed by atoms with Crippen molar-refractivity contribution in [3.63, 3.8) is 0 Å². The van der Waals surface area contributed by atoms with E-state index in [-0.39, 0.29) is 10.0 Å². The predicted octanol–water partition coefficient (Wildman–Crippen LogP) is 4.83. The van der Waals surface area contributed by atoms with E-state index in [2.05, 4.69) is 15.9 Å². The van der Waals surface area contributed by atoms with E-state index in [0.29, 0.717) is 18.2 Å². The first-order valence-corrected chi connectivity index (χ1v) is 6.49. The van der Waals surface area contributed by atoms with Crippen LogP contribution in [0, 0.1) is 11.6 Å². The Hall–Kier alpha value is -1.47. The standard InChI is InChI=1S/C14H8BrF5O/c15-10-5-7(1-3-12(10)17)13(21)9-6-8(14(18,19)20)2-4-11(9)16/h1-6,13,21H. The molecular weight excluding hydrogens is 359 g/mol. The molecule has 2 rings (SSSR count). The molecule has 2 aromatic carbocycles. The zero-order chi connectivity index (χ0) is 15.8. The first-order chi connectivity index (χ1) is 9.70. The van der Waals surface area contributed by atoms with Gasteiger partial charge in [0.25, 0.3) is 0 Å². The van der Waals surface area contributed by atoms with Gasteiger partial charge >= 0.3 is 6.18 Å². The van der Waals surface area contributed by atoms with Gasteiger partial charge in [-0.15, -0.1) is 0 Å². The van der Waals surface area contributed by atoms with Crippen LogP contribution in [-0.2, 0) is 6.18 Å². The highest BCUT2D eigenvalue weighted by Crippen LogP contribution is 2.34. The number of hydrogen-bond donors (Lipinski definition) is 1. The molecule has 0 fully saturated rings. The Morgan fingerprint density at radius 2 is 1.57 bits per heavy atom. The van der Waals surface area contributed by atoms with Crippen LogP contribution < -0.4 is 0 Å². The number of aliphatic hydroxyl groups excluding tert-OH is 1. The maximum Gasteiger partial charge on any atom is 0.416 e. The molecule has 21 heavy (non-hydrogen) atoms. The largest absolute Gasteiger partial charge is 0.416 e. The highest BCUT2D eigenvalue weighted by atomic mass is 79.9. The van der Waals surface area contributed by atoms with Crippen LogP contribution in [0.3, 0.4) is 0 Å². The van der Waals surface area contributed by atoms with Crippen molar-refractivity contribution in [2.45, 2.75) is 12.3 Å². The zero-order valence-corrected chi connectivity index (χ0v) is 11.8. The van der Waals surface area contributed by atoms with Crippen LogP contribution in [0.25, 0.3) is 0 Å². The van der Waals surface area contributed by atoms with Gasteiger partial charge in [0.05, 0.1) is 10.0 Å². The van der Waals surface area contributed by atoms with Crippen molar-refractivity contribution in [2.75, 3.05) is 0 Å². The summed E-state index contributed by atoms with van der Waals surface area (Å²) < 4.78 is 64.7. The molecule has 0 radical (unpaired) electrons. The van der Waals surface area contributed by atoms with E-state index >= 15 is 0 Å². The van der Waals surface area contributed by atoms with Gasteiger partial charge in [0, 0.05) is 5.56 Å². The van der Waals surface area contributed by atoms with E-state index in [0.717, 1.165) is 6.07 Å². The molecule has 1 N–H and O–H groups in total. The van der Waals surface area contributed by atoms with Gasteiger partial charge in [0.2, 0.25) is 0 Å². The van der Waals surface area contributed by atoms with Crippen molar-refractivity contribution < 1.29 is 27.1 Å². The third kappa shape index (κ3) is 3.41. The van der Waals surface area contributed by atoms with Crippen LogP contribution in [0.1, 0.15) is 22.8 Å². The second kappa shape index (κ2) is 5.73. The van der Waals surface area contributed by atoms with E-state index in [9.17, 15) is 27.1 Å². The topological polar surface area (TPSA) is 20.2 Å². The summed E-state index contributed by atoms with van der Waals surface area (Å²) in [5.74, 6) is -1.58. The first kappa shape index (κ1) is 15.9. The zero-order valence-electron chi connectivity index (χ0n) is 10.3.